The third kappa shape index (κ3) is 8.07. The molecule has 1 aromatic heterocycles. The second kappa shape index (κ2) is 13.6. The van der Waals surface area contributed by atoms with Crippen LogP contribution in [0.15, 0.2) is 48.4 Å². The summed E-state index contributed by atoms with van der Waals surface area (Å²) in [5.41, 5.74) is 1.15. The minimum atomic E-state index is -0.666. The number of benzene rings is 1. The lowest BCUT2D eigenvalue weighted by Gasteiger charge is -2.37. The lowest BCUT2D eigenvalue weighted by molar-refractivity contribution is -0.136. The predicted octanol–water partition coefficient (Wildman–Crippen LogP) is 3.78. The van der Waals surface area contributed by atoms with Crippen LogP contribution < -0.4 is 9.47 Å². The van der Waals surface area contributed by atoms with Crippen LogP contribution in [0.1, 0.15) is 30.3 Å². The Hall–Kier alpha value is -2.39. The number of carbonyl (C=O) groups is 1. The molecule has 8 heteroatoms. The van der Waals surface area contributed by atoms with E-state index in [2.05, 4.69) is 31.9 Å². The Morgan fingerprint density at radius 1 is 1.26 bits per heavy atom. The number of hydrogen-bond donors (Lipinski definition) is 1. The van der Waals surface area contributed by atoms with Crippen LogP contribution in [0.5, 0.6) is 11.5 Å². The van der Waals surface area contributed by atoms with Crippen LogP contribution in [-0.4, -0.2) is 80.0 Å². The van der Waals surface area contributed by atoms with Gasteiger partial charge >= 0.3 is 0 Å². The highest BCUT2D eigenvalue weighted by molar-refractivity contribution is 7.10. The first-order chi connectivity index (χ1) is 16.9. The van der Waals surface area contributed by atoms with E-state index in [1.165, 1.54) is 4.88 Å². The summed E-state index contributed by atoms with van der Waals surface area (Å²) >= 11 is 1.73. The van der Waals surface area contributed by atoms with Crippen molar-refractivity contribution < 1.29 is 24.1 Å². The highest BCUT2D eigenvalue weighted by Gasteiger charge is 2.33. The fraction of sp³-hybridized carbons (Fsp3) is 0.519. The van der Waals surface area contributed by atoms with Crippen molar-refractivity contribution >= 4 is 17.2 Å². The summed E-state index contributed by atoms with van der Waals surface area (Å²) in [5, 5.41) is 12.5. The summed E-state index contributed by atoms with van der Waals surface area (Å²) in [7, 11) is 1.63. The van der Waals surface area contributed by atoms with Gasteiger partial charge in [-0.15, -0.1) is 17.9 Å². The molecule has 7 nitrogen and oxygen atoms in total. The van der Waals surface area contributed by atoms with Gasteiger partial charge < -0.3 is 24.2 Å². The number of methoxy groups -OCH3 is 1. The number of aliphatic hydroxyl groups excluding tert-OH is 1. The maximum Gasteiger partial charge on any atom is 0.237 e. The highest BCUT2D eigenvalue weighted by atomic mass is 32.1. The summed E-state index contributed by atoms with van der Waals surface area (Å²) < 4.78 is 16.9. The molecule has 35 heavy (non-hydrogen) atoms. The van der Waals surface area contributed by atoms with Gasteiger partial charge in [-0.3, -0.25) is 9.69 Å². The van der Waals surface area contributed by atoms with Gasteiger partial charge in [-0.2, -0.15) is 0 Å². The molecule has 0 saturated carbocycles. The minimum Gasteiger partial charge on any atom is -0.497 e. The smallest absolute Gasteiger partial charge is 0.237 e. The molecule has 0 unspecified atom stereocenters. The normalized spacial score (nSPS) is 16.3. The average molecular weight is 503 g/mol. The van der Waals surface area contributed by atoms with Crippen molar-refractivity contribution in [1.29, 1.82) is 0 Å². The second-order valence-corrected chi connectivity index (χ2v) is 10.2. The molecule has 1 aliphatic heterocycles. The molecule has 0 bridgehead atoms. The Kier molecular flexibility index (Phi) is 10.6. The first-order valence-electron chi connectivity index (χ1n) is 12.1. The maximum absolute atomic E-state index is 13.5. The molecule has 0 radical (unpaired) electrons. The summed E-state index contributed by atoms with van der Waals surface area (Å²) in [6.07, 6.45) is 1.93. The van der Waals surface area contributed by atoms with Crippen molar-refractivity contribution in [3.05, 3.63) is 58.8 Å². The third-order valence-corrected chi connectivity index (χ3v) is 6.86. The van der Waals surface area contributed by atoms with Gasteiger partial charge in [0.05, 0.1) is 32.4 Å². The Labute approximate surface area is 212 Å². The number of rotatable bonds is 14. The molecule has 0 saturated heterocycles. The van der Waals surface area contributed by atoms with Crippen molar-refractivity contribution in [2.45, 2.75) is 32.4 Å². The van der Waals surface area contributed by atoms with Gasteiger partial charge in [-0.1, -0.05) is 19.9 Å². The second-order valence-electron chi connectivity index (χ2n) is 9.21. The van der Waals surface area contributed by atoms with Crippen LogP contribution in [0.25, 0.3) is 0 Å². The number of fused-ring (bicyclic) bond motifs is 1. The van der Waals surface area contributed by atoms with E-state index in [1.54, 1.807) is 24.5 Å². The molecule has 0 fully saturated rings. The monoisotopic (exact) mass is 502 g/mol. The zero-order valence-electron chi connectivity index (χ0n) is 21.0. The number of amides is 1. The Bertz CT molecular complexity index is 930. The maximum atomic E-state index is 13.5. The molecular weight excluding hydrogens is 464 g/mol. The molecule has 192 valence electrons. The van der Waals surface area contributed by atoms with Gasteiger partial charge in [0.1, 0.15) is 18.1 Å². The number of thiophene rings is 1. The van der Waals surface area contributed by atoms with E-state index in [4.69, 9.17) is 14.2 Å². The van der Waals surface area contributed by atoms with Crippen molar-refractivity contribution in [3.63, 3.8) is 0 Å². The summed E-state index contributed by atoms with van der Waals surface area (Å²) in [6, 6.07) is 9.40. The van der Waals surface area contributed by atoms with Crippen molar-refractivity contribution in [1.82, 2.24) is 9.80 Å². The Balaban J connectivity index is 1.64. The van der Waals surface area contributed by atoms with E-state index >= 15 is 0 Å². The van der Waals surface area contributed by atoms with Gasteiger partial charge in [0, 0.05) is 31.1 Å². The molecular formula is C27H38N2O5S. The van der Waals surface area contributed by atoms with Crippen LogP contribution in [-0.2, 0) is 16.0 Å². The van der Waals surface area contributed by atoms with Crippen LogP contribution >= 0.6 is 11.3 Å². The first-order valence-corrected chi connectivity index (χ1v) is 13.0. The van der Waals surface area contributed by atoms with E-state index in [-0.39, 0.29) is 25.1 Å². The molecule has 2 heterocycles. The van der Waals surface area contributed by atoms with E-state index < -0.39 is 6.10 Å². The first kappa shape index (κ1) is 27.2. The van der Waals surface area contributed by atoms with Crippen LogP contribution in [0.4, 0.5) is 0 Å². The molecule has 1 N–H and O–H groups in total. The fourth-order valence-corrected chi connectivity index (χ4v) is 5.11. The molecule has 0 spiro atoms. The Morgan fingerprint density at radius 2 is 2.00 bits per heavy atom. The van der Waals surface area contributed by atoms with Crippen LogP contribution in [0.3, 0.4) is 0 Å². The van der Waals surface area contributed by atoms with Gasteiger partial charge in [-0.25, -0.2) is 0 Å². The van der Waals surface area contributed by atoms with Crippen LogP contribution in [0, 0.1) is 5.92 Å². The molecule has 1 aliphatic rings. The summed E-state index contributed by atoms with van der Waals surface area (Å²) in [5.74, 6) is 1.93. The topological polar surface area (TPSA) is 71.5 Å². The van der Waals surface area contributed by atoms with E-state index in [0.29, 0.717) is 38.8 Å². The van der Waals surface area contributed by atoms with Gasteiger partial charge in [0.15, 0.2) is 0 Å². The van der Waals surface area contributed by atoms with Crippen molar-refractivity contribution in [3.8, 4) is 11.5 Å². The average Bonchev–Trinajstić information content (AvgIpc) is 3.32. The largest absolute Gasteiger partial charge is 0.497 e. The van der Waals surface area contributed by atoms with Crippen molar-refractivity contribution in [2.24, 2.45) is 5.92 Å². The van der Waals surface area contributed by atoms with E-state index in [0.717, 1.165) is 23.5 Å². The number of nitrogens with zero attached hydrogens (tertiary/aromatic N) is 2. The number of ether oxygens (including phenoxy) is 3. The standard InChI is InChI=1S/C27H38N2O5S/c1-5-12-28(15-21(30)18-33-17-20(2)3)16-27(31)29-13-10-26-24(11-14-35-26)25(29)19-34-23-8-6-22(32-4)7-9-23/h5-9,11,14,20-21,25,30H,1,10,12-13,15-19H2,2-4H3/t21-,25-/m1/s1. The molecule has 1 aromatic carbocycles. The fourth-order valence-electron chi connectivity index (χ4n) is 4.18. The number of aliphatic hydroxyl groups is 1. The van der Waals surface area contributed by atoms with E-state index in [1.807, 2.05) is 34.1 Å². The van der Waals surface area contributed by atoms with Crippen molar-refractivity contribution in [2.75, 3.05) is 53.1 Å². The molecule has 2 aromatic rings. The van der Waals surface area contributed by atoms with Gasteiger partial charge in [0.25, 0.3) is 0 Å². The molecule has 1 amide bonds. The summed E-state index contributed by atoms with van der Waals surface area (Å²) in [6.45, 7) is 10.9. The summed E-state index contributed by atoms with van der Waals surface area (Å²) in [4.78, 5) is 18.6. The SMILES string of the molecule is C=CCN(CC(=O)N1CCc2sccc2[C@H]1COc1ccc(OC)cc1)C[C@@H](O)COCC(C)C. The predicted molar refractivity (Wildman–Crippen MR) is 139 cm³/mol. The minimum absolute atomic E-state index is 0.0160. The zero-order chi connectivity index (χ0) is 25.2. The van der Waals surface area contributed by atoms with E-state index in [9.17, 15) is 9.90 Å². The van der Waals surface area contributed by atoms with Gasteiger partial charge in [-0.05, 0) is 53.6 Å². The van der Waals surface area contributed by atoms with Gasteiger partial charge in [0.2, 0.25) is 5.91 Å². The lowest BCUT2D eigenvalue weighted by atomic mass is 10.0. The highest BCUT2D eigenvalue weighted by Crippen LogP contribution is 2.34. The number of carbonyl (C=O) groups excluding carboxylic acids is 1. The lowest BCUT2D eigenvalue weighted by Crippen LogP contribution is -2.48. The number of hydrogen-bond acceptors (Lipinski definition) is 7. The quantitative estimate of drug-likeness (QED) is 0.397. The van der Waals surface area contributed by atoms with Crippen LogP contribution in [0.2, 0.25) is 0 Å². The molecule has 2 atom stereocenters. The zero-order valence-corrected chi connectivity index (χ0v) is 21.8. The Morgan fingerprint density at radius 3 is 2.69 bits per heavy atom. The molecule has 0 aliphatic carbocycles. The third-order valence-electron chi connectivity index (χ3n) is 5.86. The molecule has 3 rings (SSSR count).